The fourth-order valence-corrected chi connectivity index (χ4v) is 3.27. The lowest BCUT2D eigenvalue weighted by atomic mass is 10.2. The molecule has 3 aromatic rings. The van der Waals surface area contributed by atoms with Crippen molar-refractivity contribution in [1.82, 2.24) is 4.98 Å². The van der Waals surface area contributed by atoms with Crippen molar-refractivity contribution in [3.05, 3.63) is 60.5 Å². The van der Waals surface area contributed by atoms with E-state index < -0.39 is 32.9 Å². The van der Waals surface area contributed by atoms with Gasteiger partial charge in [-0.25, -0.2) is 17.6 Å². The molecule has 0 spiro atoms. The minimum Gasteiger partial charge on any atom is -0.506 e. The molecule has 0 saturated carbocycles. The highest BCUT2D eigenvalue weighted by molar-refractivity contribution is 7.92. The van der Waals surface area contributed by atoms with Gasteiger partial charge in [0, 0.05) is 11.6 Å². The lowest BCUT2D eigenvalue weighted by molar-refractivity contribution is -0.192. The molecule has 0 bridgehead atoms. The van der Waals surface area contributed by atoms with Crippen LogP contribution in [0.1, 0.15) is 0 Å². The number of phenols is 1. The molecule has 0 saturated heterocycles. The highest BCUT2D eigenvalue weighted by Crippen LogP contribution is 2.30. The molecule has 2 aromatic carbocycles. The number of alkyl halides is 3. The van der Waals surface area contributed by atoms with Crippen LogP contribution < -0.4 is 4.72 Å². The molecular formula is C17H12F4N2O5S. The molecule has 154 valence electrons. The van der Waals surface area contributed by atoms with E-state index in [9.17, 15) is 31.1 Å². The Bertz CT molecular complexity index is 1150. The third-order valence-corrected chi connectivity index (χ3v) is 4.76. The summed E-state index contributed by atoms with van der Waals surface area (Å²) in [6.07, 6.45) is -3.60. The summed E-state index contributed by atoms with van der Waals surface area (Å²) in [5.74, 6) is -3.66. The van der Waals surface area contributed by atoms with Gasteiger partial charge in [-0.2, -0.15) is 13.2 Å². The Kier molecular flexibility index (Phi) is 6.27. The number of aromatic nitrogens is 1. The van der Waals surface area contributed by atoms with Crippen LogP contribution >= 0.6 is 0 Å². The number of carboxylic acid groups (broad SMARTS) is 1. The predicted molar refractivity (Wildman–Crippen MR) is 94.3 cm³/mol. The van der Waals surface area contributed by atoms with E-state index in [4.69, 9.17) is 9.90 Å². The lowest BCUT2D eigenvalue weighted by Gasteiger charge is -2.11. The van der Waals surface area contributed by atoms with E-state index in [-0.39, 0.29) is 17.0 Å². The molecule has 0 fully saturated rings. The number of carbonyl (C=O) groups is 1. The Labute approximate surface area is 161 Å². The number of rotatable bonds is 3. The fraction of sp³-hybridized carbons (Fsp3) is 0.0588. The third-order valence-electron chi connectivity index (χ3n) is 3.36. The zero-order valence-electron chi connectivity index (χ0n) is 14.2. The molecule has 1 aromatic heterocycles. The van der Waals surface area contributed by atoms with Gasteiger partial charge in [0.2, 0.25) is 0 Å². The zero-order valence-corrected chi connectivity index (χ0v) is 15.0. The number of sulfonamides is 1. The van der Waals surface area contributed by atoms with Gasteiger partial charge in [0.25, 0.3) is 10.0 Å². The summed E-state index contributed by atoms with van der Waals surface area (Å²) >= 11 is 0. The standard InChI is InChI=1S/C15H11FN2O3S.C2HF3O2/c16-11-5-1-2-6-14(11)22(20,21)18-12-7-8-13(19)15-10(12)4-3-9-17-15;3-2(4,5)1(6)7/h1-9,18-19H;(H,6,7). The van der Waals surface area contributed by atoms with Crippen molar-refractivity contribution in [2.24, 2.45) is 0 Å². The van der Waals surface area contributed by atoms with Crippen molar-refractivity contribution in [2.75, 3.05) is 4.72 Å². The molecule has 3 rings (SSSR count). The number of pyridine rings is 1. The SMILES string of the molecule is O=C(O)C(F)(F)F.O=S(=O)(Nc1ccc(O)c2ncccc12)c1ccccc1F. The van der Waals surface area contributed by atoms with Gasteiger partial charge < -0.3 is 10.2 Å². The maximum absolute atomic E-state index is 13.7. The number of nitrogens with zero attached hydrogens (tertiary/aromatic N) is 1. The first-order valence-electron chi connectivity index (χ1n) is 7.57. The van der Waals surface area contributed by atoms with Crippen molar-refractivity contribution in [1.29, 1.82) is 0 Å². The Morgan fingerprint density at radius 1 is 1.03 bits per heavy atom. The van der Waals surface area contributed by atoms with E-state index in [2.05, 4.69) is 9.71 Å². The van der Waals surface area contributed by atoms with Crippen LogP contribution in [0.2, 0.25) is 0 Å². The van der Waals surface area contributed by atoms with Crippen LogP contribution in [-0.4, -0.2) is 35.8 Å². The second-order valence-corrected chi connectivity index (χ2v) is 7.02. The summed E-state index contributed by atoms with van der Waals surface area (Å²) in [4.78, 5) is 12.5. The second kappa shape index (κ2) is 8.31. The van der Waals surface area contributed by atoms with Gasteiger partial charge in [0.1, 0.15) is 22.0 Å². The number of hydrogen-bond acceptors (Lipinski definition) is 5. The van der Waals surface area contributed by atoms with Crippen LogP contribution in [-0.2, 0) is 14.8 Å². The molecule has 12 heteroatoms. The van der Waals surface area contributed by atoms with Crippen molar-refractivity contribution in [2.45, 2.75) is 11.1 Å². The molecule has 0 amide bonds. The number of carboxylic acids is 1. The van der Waals surface area contributed by atoms with Crippen molar-refractivity contribution >= 4 is 32.6 Å². The highest BCUT2D eigenvalue weighted by atomic mass is 32.2. The van der Waals surface area contributed by atoms with Crippen LogP contribution in [0.3, 0.4) is 0 Å². The average molecular weight is 432 g/mol. The van der Waals surface area contributed by atoms with E-state index in [1.54, 1.807) is 12.1 Å². The molecule has 0 aliphatic carbocycles. The van der Waals surface area contributed by atoms with Crippen molar-refractivity contribution in [3.8, 4) is 5.75 Å². The van der Waals surface area contributed by atoms with Crippen molar-refractivity contribution < 1.29 is 41.0 Å². The molecule has 29 heavy (non-hydrogen) atoms. The number of halogens is 4. The van der Waals surface area contributed by atoms with Crippen LogP contribution in [0.4, 0.5) is 23.2 Å². The zero-order chi connectivity index (χ0) is 21.8. The summed E-state index contributed by atoms with van der Waals surface area (Å²) in [6.45, 7) is 0. The van der Waals surface area contributed by atoms with E-state index in [0.717, 1.165) is 6.07 Å². The lowest BCUT2D eigenvalue weighted by Crippen LogP contribution is -2.21. The number of aromatic hydroxyl groups is 1. The third kappa shape index (κ3) is 5.31. The number of hydrogen-bond donors (Lipinski definition) is 3. The van der Waals surface area contributed by atoms with Crippen molar-refractivity contribution in [3.63, 3.8) is 0 Å². The molecule has 0 unspecified atom stereocenters. The first-order chi connectivity index (χ1) is 13.4. The van der Waals surface area contributed by atoms with Gasteiger partial charge in [0.15, 0.2) is 0 Å². The number of fused-ring (bicyclic) bond motifs is 1. The van der Waals surface area contributed by atoms with E-state index >= 15 is 0 Å². The quantitative estimate of drug-likeness (QED) is 0.431. The summed E-state index contributed by atoms with van der Waals surface area (Å²) < 4.78 is 72.4. The molecule has 0 radical (unpaired) electrons. The number of aliphatic carboxylic acids is 1. The Balaban J connectivity index is 0.000000370. The molecule has 0 aliphatic rings. The van der Waals surface area contributed by atoms with Crippen LogP contribution in [0.15, 0.2) is 59.6 Å². The van der Waals surface area contributed by atoms with Crippen LogP contribution in [0, 0.1) is 5.82 Å². The number of benzene rings is 2. The van der Waals surface area contributed by atoms with E-state index in [1.807, 2.05) is 0 Å². The molecular weight excluding hydrogens is 420 g/mol. The Morgan fingerprint density at radius 3 is 2.24 bits per heavy atom. The summed E-state index contributed by atoms with van der Waals surface area (Å²) in [5, 5.41) is 17.3. The van der Waals surface area contributed by atoms with E-state index in [1.165, 1.54) is 36.5 Å². The smallest absolute Gasteiger partial charge is 0.490 e. The van der Waals surface area contributed by atoms with Gasteiger partial charge >= 0.3 is 12.1 Å². The Hall–Kier alpha value is -3.41. The van der Waals surface area contributed by atoms with Crippen LogP contribution in [0.25, 0.3) is 10.9 Å². The maximum atomic E-state index is 13.7. The number of nitrogens with one attached hydrogen (secondary N) is 1. The molecule has 7 nitrogen and oxygen atoms in total. The number of phenolic OH excluding ortho intramolecular Hbond substituents is 1. The molecule has 0 atom stereocenters. The minimum atomic E-state index is -5.08. The summed E-state index contributed by atoms with van der Waals surface area (Å²) in [7, 11) is -4.08. The van der Waals surface area contributed by atoms with Gasteiger partial charge in [-0.1, -0.05) is 12.1 Å². The summed E-state index contributed by atoms with van der Waals surface area (Å²) in [6, 6.07) is 11.1. The monoisotopic (exact) mass is 432 g/mol. The normalized spacial score (nSPS) is 11.4. The maximum Gasteiger partial charge on any atom is 0.490 e. The molecule has 0 aliphatic heterocycles. The fourth-order valence-electron chi connectivity index (χ4n) is 2.11. The van der Waals surface area contributed by atoms with Crippen LogP contribution in [0.5, 0.6) is 5.75 Å². The average Bonchev–Trinajstić information content (AvgIpc) is 2.64. The van der Waals surface area contributed by atoms with E-state index in [0.29, 0.717) is 5.39 Å². The number of anilines is 1. The van der Waals surface area contributed by atoms with Gasteiger partial charge in [-0.15, -0.1) is 0 Å². The second-order valence-electron chi connectivity index (χ2n) is 5.37. The molecule has 1 heterocycles. The summed E-state index contributed by atoms with van der Waals surface area (Å²) in [5.41, 5.74) is 0.473. The van der Waals surface area contributed by atoms with Gasteiger partial charge in [0.05, 0.1) is 5.69 Å². The minimum absolute atomic E-state index is 0.0653. The largest absolute Gasteiger partial charge is 0.506 e. The first kappa shape index (κ1) is 21.9. The molecule has 3 N–H and O–H groups in total. The van der Waals surface area contributed by atoms with Gasteiger partial charge in [-0.3, -0.25) is 9.71 Å². The Morgan fingerprint density at radius 2 is 1.66 bits per heavy atom. The van der Waals surface area contributed by atoms with Gasteiger partial charge in [-0.05, 0) is 36.4 Å². The topological polar surface area (TPSA) is 117 Å². The predicted octanol–water partition coefficient (Wildman–Crippen LogP) is 3.51. The first-order valence-corrected chi connectivity index (χ1v) is 9.06. The highest BCUT2D eigenvalue weighted by Gasteiger charge is 2.38.